The molecule has 0 aliphatic carbocycles. The third-order valence-electron chi connectivity index (χ3n) is 3.11. The van der Waals surface area contributed by atoms with E-state index in [1.54, 1.807) is 23.9 Å². The van der Waals surface area contributed by atoms with Gasteiger partial charge in [-0.15, -0.1) is 10.2 Å². The first-order valence-electron chi connectivity index (χ1n) is 5.83. The van der Waals surface area contributed by atoms with Crippen LogP contribution >= 0.6 is 0 Å². The fourth-order valence-corrected chi connectivity index (χ4v) is 2.09. The van der Waals surface area contributed by atoms with Gasteiger partial charge in [-0.2, -0.15) is 5.21 Å². The van der Waals surface area contributed by atoms with E-state index in [4.69, 9.17) is 0 Å². The van der Waals surface area contributed by atoms with Crippen LogP contribution in [0.5, 0.6) is 0 Å². The van der Waals surface area contributed by atoms with Crippen molar-refractivity contribution in [3.63, 3.8) is 0 Å². The number of piperidine rings is 1. The summed E-state index contributed by atoms with van der Waals surface area (Å²) in [6.45, 7) is 1.11. The molecular weight excluding hydrogens is 236 g/mol. The van der Waals surface area contributed by atoms with Crippen LogP contribution in [-0.4, -0.2) is 69.4 Å². The fraction of sp³-hybridized carbons (Fsp3) is 0.700. The lowest BCUT2D eigenvalue weighted by Crippen LogP contribution is -2.43. The van der Waals surface area contributed by atoms with Gasteiger partial charge in [-0.05, 0) is 18.1 Å². The number of H-pyrrole nitrogens is 1. The van der Waals surface area contributed by atoms with E-state index in [2.05, 4.69) is 20.6 Å². The number of hydrogen-bond acceptors (Lipinski definition) is 5. The molecule has 0 atom stereocenters. The number of amides is 2. The Morgan fingerprint density at radius 1 is 1.33 bits per heavy atom. The van der Waals surface area contributed by atoms with E-state index < -0.39 is 0 Å². The number of rotatable bonds is 2. The van der Waals surface area contributed by atoms with Crippen LogP contribution in [0.2, 0.25) is 0 Å². The van der Waals surface area contributed by atoms with Gasteiger partial charge < -0.3 is 9.80 Å². The average Bonchev–Trinajstić information content (AvgIpc) is 2.91. The summed E-state index contributed by atoms with van der Waals surface area (Å²) in [5.41, 5.74) is 0. The first kappa shape index (κ1) is 12.5. The molecule has 1 saturated heterocycles. The zero-order valence-corrected chi connectivity index (χ0v) is 10.5. The maximum absolute atomic E-state index is 11.9. The highest BCUT2D eigenvalue weighted by Crippen LogP contribution is 2.19. The Morgan fingerprint density at radius 3 is 2.50 bits per heavy atom. The van der Waals surface area contributed by atoms with Gasteiger partial charge in [0.15, 0.2) is 0 Å². The van der Waals surface area contributed by atoms with Gasteiger partial charge >= 0.3 is 0 Å². The predicted octanol–water partition coefficient (Wildman–Crippen LogP) is -0.860. The maximum atomic E-state index is 11.9. The van der Waals surface area contributed by atoms with Gasteiger partial charge in [-0.3, -0.25) is 9.59 Å². The first-order valence-corrected chi connectivity index (χ1v) is 5.83. The van der Waals surface area contributed by atoms with Crippen LogP contribution < -0.4 is 0 Å². The van der Waals surface area contributed by atoms with E-state index in [-0.39, 0.29) is 23.6 Å². The molecule has 1 aliphatic rings. The summed E-state index contributed by atoms with van der Waals surface area (Å²) in [5, 5.41) is 12.9. The minimum absolute atomic E-state index is 0.00863. The van der Waals surface area contributed by atoms with Crippen molar-refractivity contribution >= 4 is 11.8 Å². The van der Waals surface area contributed by atoms with Crippen LogP contribution in [0.15, 0.2) is 0 Å². The Kier molecular flexibility index (Phi) is 3.54. The molecule has 1 fully saturated rings. The summed E-state index contributed by atoms with van der Waals surface area (Å²) in [6.07, 6.45) is 1.36. The molecule has 1 N–H and O–H groups in total. The van der Waals surface area contributed by atoms with Crippen LogP contribution in [0.25, 0.3) is 0 Å². The molecule has 0 saturated carbocycles. The standard InChI is InChI=1S/C10H16N6O2/c1-15(2)9(17)7-3-5-16(6-4-7)10(18)8-11-13-14-12-8/h7H,3-6H2,1-2H3,(H,11,12,13,14). The van der Waals surface area contributed by atoms with Gasteiger partial charge in [0.25, 0.3) is 11.7 Å². The minimum Gasteiger partial charge on any atom is -0.349 e. The Bertz CT molecular complexity index is 422. The minimum atomic E-state index is -0.237. The molecule has 0 spiro atoms. The van der Waals surface area contributed by atoms with Gasteiger partial charge in [-0.25, -0.2) is 0 Å². The molecule has 98 valence electrons. The number of carbonyl (C=O) groups excluding carboxylic acids is 2. The monoisotopic (exact) mass is 252 g/mol. The van der Waals surface area contributed by atoms with E-state index in [1.165, 1.54) is 0 Å². The number of carbonyl (C=O) groups is 2. The van der Waals surface area contributed by atoms with Crippen molar-refractivity contribution < 1.29 is 9.59 Å². The number of nitrogens with zero attached hydrogens (tertiary/aromatic N) is 5. The lowest BCUT2D eigenvalue weighted by atomic mass is 9.95. The zero-order chi connectivity index (χ0) is 13.1. The van der Waals surface area contributed by atoms with Gasteiger partial charge in [0.1, 0.15) is 0 Å². The van der Waals surface area contributed by atoms with Crippen molar-refractivity contribution in [2.24, 2.45) is 5.92 Å². The number of nitrogens with one attached hydrogen (secondary N) is 1. The highest BCUT2D eigenvalue weighted by atomic mass is 16.2. The van der Waals surface area contributed by atoms with Crippen molar-refractivity contribution in [3.05, 3.63) is 5.82 Å². The molecule has 0 bridgehead atoms. The first-order chi connectivity index (χ1) is 8.59. The Balaban J connectivity index is 1.91. The van der Waals surface area contributed by atoms with E-state index in [0.29, 0.717) is 25.9 Å². The van der Waals surface area contributed by atoms with Crippen LogP contribution in [-0.2, 0) is 4.79 Å². The third-order valence-corrected chi connectivity index (χ3v) is 3.11. The van der Waals surface area contributed by atoms with Crippen molar-refractivity contribution in [2.45, 2.75) is 12.8 Å². The molecule has 0 unspecified atom stereocenters. The van der Waals surface area contributed by atoms with E-state index in [1.807, 2.05) is 0 Å². The van der Waals surface area contributed by atoms with Gasteiger partial charge in [-0.1, -0.05) is 0 Å². The number of tetrazole rings is 1. The quantitative estimate of drug-likeness (QED) is 0.739. The maximum Gasteiger partial charge on any atom is 0.295 e. The second-order valence-electron chi connectivity index (χ2n) is 4.53. The molecule has 2 amide bonds. The fourth-order valence-electron chi connectivity index (χ4n) is 2.09. The molecule has 8 nitrogen and oxygen atoms in total. The number of aromatic amines is 1. The molecule has 18 heavy (non-hydrogen) atoms. The van der Waals surface area contributed by atoms with Gasteiger partial charge in [0.05, 0.1) is 0 Å². The van der Waals surface area contributed by atoms with E-state index in [0.717, 1.165) is 0 Å². The van der Waals surface area contributed by atoms with Crippen molar-refractivity contribution in [1.82, 2.24) is 30.4 Å². The smallest absolute Gasteiger partial charge is 0.295 e. The summed E-state index contributed by atoms with van der Waals surface area (Å²) >= 11 is 0. The molecule has 1 aliphatic heterocycles. The van der Waals surface area contributed by atoms with Crippen molar-refractivity contribution in [1.29, 1.82) is 0 Å². The van der Waals surface area contributed by atoms with Gasteiger partial charge in [0, 0.05) is 33.1 Å². The van der Waals surface area contributed by atoms with E-state index in [9.17, 15) is 9.59 Å². The second kappa shape index (κ2) is 5.11. The Morgan fingerprint density at radius 2 is 2.00 bits per heavy atom. The number of aromatic nitrogens is 4. The normalized spacial score (nSPS) is 16.7. The summed E-state index contributed by atoms with van der Waals surface area (Å²) in [6, 6.07) is 0. The summed E-state index contributed by atoms with van der Waals surface area (Å²) < 4.78 is 0. The Labute approximate surface area is 104 Å². The molecule has 8 heteroatoms. The molecule has 0 radical (unpaired) electrons. The summed E-state index contributed by atoms with van der Waals surface area (Å²) in [7, 11) is 3.50. The molecule has 2 heterocycles. The molecular formula is C10H16N6O2. The topological polar surface area (TPSA) is 95.1 Å². The lowest BCUT2D eigenvalue weighted by molar-refractivity contribution is -0.134. The van der Waals surface area contributed by atoms with Crippen LogP contribution in [0.1, 0.15) is 23.5 Å². The number of likely N-dealkylation sites (tertiary alicyclic amines) is 1. The van der Waals surface area contributed by atoms with Crippen LogP contribution in [0.4, 0.5) is 0 Å². The molecule has 2 rings (SSSR count). The molecule has 0 aromatic carbocycles. The van der Waals surface area contributed by atoms with Crippen molar-refractivity contribution in [3.8, 4) is 0 Å². The number of hydrogen-bond donors (Lipinski definition) is 1. The SMILES string of the molecule is CN(C)C(=O)C1CCN(C(=O)c2nn[nH]n2)CC1. The molecule has 1 aromatic heterocycles. The third kappa shape index (κ3) is 2.47. The lowest BCUT2D eigenvalue weighted by Gasteiger charge is -2.31. The van der Waals surface area contributed by atoms with Crippen LogP contribution in [0.3, 0.4) is 0 Å². The van der Waals surface area contributed by atoms with Gasteiger partial charge in [0.2, 0.25) is 5.91 Å². The Hall–Kier alpha value is -1.99. The molecule has 1 aromatic rings. The zero-order valence-electron chi connectivity index (χ0n) is 10.5. The van der Waals surface area contributed by atoms with Crippen LogP contribution in [0, 0.1) is 5.92 Å². The second-order valence-corrected chi connectivity index (χ2v) is 4.53. The highest BCUT2D eigenvalue weighted by Gasteiger charge is 2.29. The predicted molar refractivity (Wildman–Crippen MR) is 61.5 cm³/mol. The van der Waals surface area contributed by atoms with E-state index >= 15 is 0 Å². The largest absolute Gasteiger partial charge is 0.349 e. The van der Waals surface area contributed by atoms with Crippen molar-refractivity contribution in [2.75, 3.05) is 27.2 Å². The highest BCUT2D eigenvalue weighted by molar-refractivity contribution is 5.90. The average molecular weight is 252 g/mol. The summed E-state index contributed by atoms with van der Waals surface area (Å²) in [5.74, 6) is -0.0251. The summed E-state index contributed by atoms with van der Waals surface area (Å²) in [4.78, 5) is 27.0.